The second-order valence-electron chi connectivity index (χ2n) is 6.07. The zero-order chi connectivity index (χ0) is 21.8. The lowest BCUT2D eigenvalue weighted by atomic mass is 10.2. The Morgan fingerprint density at radius 1 is 1.27 bits per heavy atom. The van der Waals surface area contributed by atoms with Gasteiger partial charge in [-0.05, 0) is 100 Å². The van der Waals surface area contributed by atoms with Crippen molar-refractivity contribution in [3.05, 3.63) is 59.0 Å². The van der Waals surface area contributed by atoms with E-state index in [1.165, 1.54) is 0 Å². The number of hydrogen-bond donors (Lipinski definition) is 1. The number of anilines is 1. The van der Waals surface area contributed by atoms with Crippen molar-refractivity contribution in [2.75, 3.05) is 18.5 Å². The summed E-state index contributed by atoms with van der Waals surface area (Å²) >= 11 is 11.1. The van der Waals surface area contributed by atoms with Gasteiger partial charge in [0.05, 0.1) is 15.1 Å². The van der Waals surface area contributed by atoms with Gasteiger partial charge in [0.2, 0.25) is 5.91 Å². The SMILES string of the molecule is CCOc1c(I)cc(I)cc1/C=C1/SC(=O)N(CC(=O)Nc2cccc(Cl)c2)C1=O. The molecular weight excluding hydrogens is 654 g/mol. The van der Waals surface area contributed by atoms with E-state index in [0.29, 0.717) is 28.6 Å². The third-order valence-electron chi connectivity index (χ3n) is 3.90. The smallest absolute Gasteiger partial charge is 0.294 e. The van der Waals surface area contributed by atoms with E-state index in [0.717, 1.165) is 23.8 Å². The monoisotopic (exact) mass is 668 g/mol. The molecule has 0 unspecified atom stereocenters. The van der Waals surface area contributed by atoms with Crippen LogP contribution in [-0.2, 0) is 9.59 Å². The Hall–Kier alpha value is -1.31. The van der Waals surface area contributed by atoms with Crippen LogP contribution in [0.2, 0.25) is 5.02 Å². The average molecular weight is 669 g/mol. The lowest BCUT2D eigenvalue weighted by molar-refractivity contribution is -0.127. The van der Waals surface area contributed by atoms with E-state index in [-0.39, 0.29) is 11.4 Å². The number of carbonyl (C=O) groups excluding carboxylic acids is 3. The Morgan fingerprint density at radius 3 is 2.73 bits per heavy atom. The minimum absolute atomic E-state index is 0.245. The summed E-state index contributed by atoms with van der Waals surface area (Å²) < 4.78 is 7.60. The molecule has 0 bridgehead atoms. The summed E-state index contributed by atoms with van der Waals surface area (Å²) in [6.07, 6.45) is 1.63. The van der Waals surface area contributed by atoms with Crippen LogP contribution in [0.1, 0.15) is 12.5 Å². The highest BCUT2D eigenvalue weighted by Crippen LogP contribution is 2.36. The van der Waals surface area contributed by atoms with Crippen molar-refractivity contribution in [3.8, 4) is 5.75 Å². The summed E-state index contributed by atoms with van der Waals surface area (Å²) in [5.41, 5.74) is 1.20. The number of nitrogens with one attached hydrogen (secondary N) is 1. The molecule has 0 spiro atoms. The predicted octanol–water partition coefficient (Wildman–Crippen LogP) is 5.62. The first-order chi connectivity index (χ1) is 14.3. The van der Waals surface area contributed by atoms with Gasteiger partial charge in [0.1, 0.15) is 12.3 Å². The molecule has 0 aliphatic carbocycles. The van der Waals surface area contributed by atoms with Gasteiger partial charge < -0.3 is 10.1 Å². The van der Waals surface area contributed by atoms with E-state index in [1.807, 2.05) is 19.1 Å². The zero-order valence-electron chi connectivity index (χ0n) is 15.6. The van der Waals surface area contributed by atoms with E-state index in [4.69, 9.17) is 16.3 Å². The van der Waals surface area contributed by atoms with E-state index >= 15 is 0 Å². The number of rotatable bonds is 6. The van der Waals surface area contributed by atoms with Gasteiger partial charge in [-0.2, -0.15) is 0 Å². The maximum absolute atomic E-state index is 12.8. The summed E-state index contributed by atoms with van der Waals surface area (Å²) in [6, 6.07) is 10.5. The number of benzene rings is 2. The molecule has 0 radical (unpaired) electrons. The van der Waals surface area contributed by atoms with Crippen LogP contribution in [0.5, 0.6) is 5.75 Å². The van der Waals surface area contributed by atoms with E-state index in [1.54, 1.807) is 30.3 Å². The van der Waals surface area contributed by atoms with Gasteiger partial charge in [0, 0.05) is 19.8 Å². The molecule has 1 aliphatic heterocycles. The molecule has 0 aromatic heterocycles. The lowest BCUT2D eigenvalue weighted by Crippen LogP contribution is -2.36. The Bertz CT molecular complexity index is 1060. The summed E-state index contributed by atoms with van der Waals surface area (Å²) in [4.78, 5) is 38.6. The van der Waals surface area contributed by atoms with Crippen LogP contribution in [0.15, 0.2) is 41.3 Å². The van der Waals surface area contributed by atoms with Gasteiger partial charge in [-0.15, -0.1) is 0 Å². The molecule has 1 heterocycles. The molecular formula is C20H15ClI2N2O4S. The molecule has 1 fully saturated rings. The first-order valence-electron chi connectivity index (χ1n) is 8.71. The Kier molecular flexibility index (Phi) is 8.04. The molecule has 1 saturated heterocycles. The summed E-state index contributed by atoms with van der Waals surface area (Å²) in [5.74, 6) is -0.341. The maximum atomic E-state index is 12.8. The fourth-order valence-corrected chi connectivity index (χ4v) is 5.74. The van der Waals surface area contributed by atoms with Crippen molar-refractivity contribution in [1.29, 1.82) is 0 Å². The molecule has 0 saturated carbocycles. The minimum atomic E-state index is -0.512. The van der Waals surface area contributed by atoms with Crippen LogP contribution in [0.4, 0.5) is 10.5 Å². The summed E-state index contributed by atoms with van der Waals surface area (Å²) in [7, 11) is 0. The van der Waals surface area contributed by atoms with E-state index in [9.17, 15) is 14.4 Å². The van der Waals surface area contributed by atoms with Crippen LogP contribution < -0.4 is 10.1 Å². The molecule has 2 aromatic rings. The number of thioether (sulfide) groups is 1. The highest BCUT2D eigenvalue weighted by molar-refractivity contribution is 14.1. The normalized spacial score (nSPS) is 15.1. The number of hydrogen-bond acceptors (Lipinski definition) is 5. The molecule has 1 N–H and O–H groups in total. The third kappa shape index (κ3) is 5.68. The van der Waals surface area contributed by atoms with Crippen molar-refractivity contribution in [2.24, 2.45) is 0 Å². The van der Waals surface area contributed by atoms with Crippen LogP contribution in [0, 0.1) is 7.14 Å². The summed E-state index contributed by atoms with van der Waals surface area (Å²) in [5, 5.41) is 2.61. The van der Waals surface area contributed by atoms with Gasteiger partial charge in [-0.3, -0.25) is 19.3 Å². The highest BCUT2D eigenvalue weighted by atomic mass is 127. The number of ether oxygens (including phenoxy) is 1. The summed E-state index contributed by atoms with van der Waals surface area (Å²) in [6.45, 7) is 1.98. The molecule has 30 heavy (non-hydrogen) atoms. The maximum Gasteiger partial charge on any atom is 0.294 e. The van der Waals surface area contributed by atoms with Crippen LogP contribution in [0.25, 0.3) is 6.08 Å². The van der Waals surface area contributed by atoms with Crippen molar-refractivity contribution in [3.63, 3.8) is 0 Å². The first-order valence-corrected chi connectivity index (χ1v) is 12.1. The van der Waals surface area contributed by atoms with Crippen molar-refractivity contribution >= 4 is 97.4 Å². The van der Waals surface area contributed by atoms with E-state index < -0.39 is 17.1 Å². The predicted molar refractivity (Wildman–Crippen MR) is 136 cm³/mol. The number of nitrogens with zero attached hydrogens (tertiary/aromatic N) is 1. The van der Waals surface area contributed by atoms with Crippen LogP contribution >= 0.6 is 68.5 Å². The molecule has 2 aromatic carbocycles. The zero-order valence-corrected chi connectivity index (χ0v) is 21.5. The first kappa shape index (κ1) is 23.4. The third-order valence-corrected chi connectivity index (χ3v) is 6.46. The molecule has 0 atom stereocenters. The topological polar surface area (TPSA) is 75.7 Å². The second-order valence-corrected chi connectivity index (χ2v) is 9.90. The van der Waals surface area contributed by atoms with Crippen molar-refractivity contribution in [1.82, 2.24) is 4.90 Å². The van der Waals surface area contributed by atoms with Gasteiger partial charge in [-0.25, -0.2) is 0 Å². The van der Waals surface area contributed by atoms with Gasteiger partial charge >= 0.3 is 0 Å². The molecule has 1 aliphatic rings. The minimum Gasteiger partial charge on any atom is -0.492 e. The largest absolute Gasteiger partial charge is 0.492 e. The molecule has 3 amide bonds. The van der Waals surface area contributed by atoms with Crippen LogP contribution in [-0.4, -0.2) is 35.1 Å². The van der Waals surface area contributed by atoms with Gasteiger partial charge in [0.15, 0.2) is 0 Å². The molecule has 10 heteroatoms. The lowest BCUT2D eigenvalue weighted by Gasteiger charge is -2.13. The van der Waals surface area contributed by atoms with Crippen molar-refractivity contribution in [2.45, 2.75) is 6.92 Å². The van der Waals surface area contributed by atoms with Gasteiger partial charge in [0.25, 0.3) is 11.1 Å². The van der Waals surface area contributed by atoms with Gasteiger partial charge in [-0.1, -0.05) is 17.7 Å². The Labute approximate surface area is 210 Å². The highest BCUT2D eigenvalue weighted by Gasteiger charge is 2.36. The standard InChI is InChI=1S/C20H15ClI2N2O4S/c1-2-29-18-11(6-13(22)9-15(18)23)7-16-19(27)25(20(28)30-16)10-17(26)24-14-5-3-4-12(21)8-14/h3-9H,2,10H2,1H3,(H,24,26)/b16-7+. The molecule has 3 rings (SSSR count). The second kappa shape index (κ2) is 10.3. The number of halogens is 3. The quantitative estimate of drug-likeness (QED) is 0.320. The Balaban J connectivity index is 1.79. The fourth-order valence-electron chi connectivity index (χ4n) is 2.67. The Morgan fingerprint density at radius 2 is 2.03 bits per heavy atom. The fraction of sp³-hybridized carbons (Fsp3) is 0.150. The average Bonchev–Trinajstić information content (AvgIpc) is 2.92. The van der Waals surface area contributed by atoms with Crippen molar-refractivity contribution < 1.29 is 19.1 Å². The van der Waals surface area contributed by atoms with Crippen LogP contribution in [0.3, 0.4) is 0 Å². The molecule has 156 valence electrons. The number of amides is 3. The molecule has 6 nitrogen and oxygen atoms in total. The number of carbonyl (C=O) groups is 3. The van der Waals surface area contributed by atoms with E-state index in [2.05, 4.69) is 50.5 Å². The number of imide groups is 1.